The highest BCUT2D eigenvalue weighted by Crippen LogP contribution is 2.23. The summed E-state index contributed by atoms with van der Waals surface area (Å²) in [5.74, 6) is 0. The molecule has 0 unspecified atom stereocenters. The molecule has 2 aromatic rings. The van der Waals surface area contributed by atoms with E-state index in [2.05, 4.69) is 108 Å². The molecule has 0 saturated carbocycles. The van der Waals surface area contributed by atoms with Crippen LogP contribution in [0.1, 0.15) is 47.2 Å². The average Bonchev–Trinajstić information content (AvgIpc) is 2.66. The van der Waals surface area contributed by atoms with Gasteiger partial charge in [-0.25, -0.2) is 0 Å². The molecule has 0 aliphatic heterocycles. The van der Waals surface area contributed by atoms with Crippen molar-refractivity contribution in [1.82, 2.24) is 0 Å². The lowest BCUT2D eigenvalue weighted by Gasteiger charge is -2.20. The standard InChI is InChI=1S/C27H35B/c1-7-9-10-17-25(8-2)18-28(19-26-21(3)13-11-14-22(26)4)20-27-23(5)15-12-16-24(27)6/h7-17H,18-20H2,1-6H3/b9-7+,17-10-,25-8+. The molecule has 0 aliphatic rings. The van der Waals surface area contributed by atoms with Crippen molar-refractivity contribution in [2.75, 3.05) is 0 Å². The minimum atomic E-state index is 0.584. The van der Waals surface area contributed by atoms with E-state index in [9.17, 15) is 0 Å². The minimum absolute atomic E-state index is 0.584. The summed E-state index contributed by atoms with van der Waals surface area (Å²) in [7, 11) is 0. The molecule has 0 nitrogen and oxygen atoms in total. The molecule has 0 N–H and O–H groups in total. The first kappa shape index (κ1) is 22.0. The molecule has 0 radical (unpaired) electrons. The van der Waals surface area contributed by atoms with Gasteiger partial charge in [-0.3, -0.25) is 0 Å². The number of aryl methyl sites for hydroxylation is 4. The Morgan fingerprint density at radius 3 is 1.61 bits per heavy atom. The Morgan fingerprint density at radius 1 is 0.750 bits per heavy atom. The molecule has 0 aliphatic carbocycles. The lowest BCUT2D eigenvalue weighted by Crippen LogP contribution is -2.23. The van der Waals surface area contributed by atoms with Gasteiger partial charge in [0, 0.05) is 0 Å². The van der Waals surface area contributed by atoms with Crippen LogP contribution in [0.3, 0.4) is 0 Å². The van der Waals surface area contributed by atoms with Crippen molar-refractivity contribution in [2.45, 2.75) is 60.5 Å². The van der Waals surface area contributed by atoms with E-state index in [0.717, 1.165) is 19.0 Å². The molecule has 0 spiro atoms. The second-order valence-corrected chi connectivity index (χ2v) is 7.97. The monoisotopic (exact) mass is 370 g/mol. The van der Waals surface area contributed by atoms with Crippen LogP contribution in [0.5, 0.6) is 0 Å². The highest BCUT2D eigenvalue weighted by molar-refractivity contribution is 6.58. The van der Waals surface area contributed by atoms with Crippen molar-refractivity contribution in [3.63, 3.8) is 0 Å². The maximum absolute atomic E-state index is 2.27. The fourth-order valence-corrected chi connectivity index (χ4v) is 4.04. The molecule has 0 aromatic heterocycles. The molecular weight excluding hydrogens is 335 g/mol. The quantitative estimate of drug-likeness (QED) is 0.336. The van der Waals surface area contributed by atoms with Crippen molar-refractivity contribution < 1.29 is 0 Å². The van der Waals surface area contributed by atoms with Gasteiger partial charge < -0.3 is 0 Å². The Bertz CT molecular complexity index is 774. The molecular formula is C27H35B. The summed E-state index contributed by atoms with van der Waals surface area (Å²) in [4.78, 5) is 0. The molecule has 0 amide bonds. The topological polar surface area (TPSA) is 0 Å². The summed E-state index contributed by atoms with van der Waals surface area (Å²) < 4.78 is 0. The Labute approximate surface area is 173 Å². The van der Waals surface area contributed by atoms with Gasteiger partial charge >= 0.3 is 0 Å². The average molecular weight is 370 g/mol. The van der Waals surface area contributed by atoms with E-state index < -0.39 is 0 Å². The fraction of sp³-hybridized carbons (Fsp3) is 0.333. The second kappa shape index (κ2) is 10.9. The van der Waals surface area contributed by atoms with Crippen molar-refractivity contribution in [3.8, 4) is 0 Å². The molecule has 0 atom stereocenters. The maximum atomic E-state index is 2.27. The van der Waals surface area contributed by atoms with Crippen LogP contribution in [-0.2, 0) is 12.6 Å². The Kier molecular flexibility index (Phi) is 8.58. The Morgan fingerprint density at radius 2 is 1.21 bits per heavy atom. The SMILES string of the molecule is C\C=C(/C=C\C=C\C)CB(Cc1c(C)cccc1C)Cc1c(C)cccc1C. The largest absolute Gasteiger partial charge is 0.153 e. The van der Waals surface area contributed by atoms with E-state index in [1.807, 2.05) is 0 Å². The molecule has 0 fully saturated rings. The maximum Gasteiger partial charge on any atom is 0.153 e. The summed E-state index contributed by atoms with van der Waals surface area (Å²) in [5, 5.41) is 0. The summed E-state index contributed by atoms with van der Waals surface area (Å²) in [6.07, 6.45) is 14.2. The molecule has 0 heterocycles. The van der Waals surface area contributed by atoms with Crippen LogP contribution in [0.2, 0.25) is 6.32 Å². The van der Waals surface area contributed by atoms with E-state index >= 15 is 0 Å². The van der Waals surface area contributed by atoms with Gasteiger partial charge in [0.1, 0.15) is 0 Å². The first-order valence-corrected chi connectivity index (χ1v) is 10.5. The second-order valence-electron chi connectivity index (χ2n) is 7.97. The third-order valence-electron chi connectivity index (χ3n) is 5.78. The van der Waals surface area contributed by atoms with Crippen LogP contribution < -0.4 is 0 Å². The highest BCUT2D eigenvalue weighted by Gasteiger charge is 2.20. The van der Waals surface area contributed by atoms with Crippen molar-refractivity contribution >= 4 is 6.71 Å². The normalized spacial score (nSPS) is 12.3. The number of allylic oxidation sites excluding steroid dienone is 6. The van der Waals surface area contributed by atoms with Crippen LogP contribution >= 0.6 is 0 Å². The van der Waals surface area contributed by atoms with Gasteiger partial charge in [0.05, 0.1) is 0 Å². The molecule has 146 valence electrons. The lowest BCUT2D eigenvalue weighted by molar-refractivity contribution is 1.14. The lowest BCUT2D eigenvalue weighted by atomic mass is 9.39. The van der Waals surface area contributed by atoms with E-state index in [4.69, 9.17) is 0 Å². The summed E-state index contributed by atoms with van der Waals surface area (Å²) in [6, 6.07) is 13.3. The van der Waals surface area contributed by atoms with Gasteiger partial charge in [0.25, 0.3) is 0 Å². The Balaban J connectivity index is 2.34. The Hall–Kier alpha value is -2.28. The zero-order chi connectivity index (χ0) is 20.5. The van der Waals surface area contributed by atoms with E-state index in [1.165, 1.54) is 39.0 Å². The van der Waals surface area contributed by atoms with Gasteiger partial charge in [-0.1, -0.05) is 72.4 Å². The summed E-state index contributed by atoms with van der Waals surface area (Å²) in [6.45, 7) is 13.8. The fourth-order valence-electron chi connectivity index (χ4n) is 4.04. The van der Waals surface area contributed by atoms with Crippen LogP contribution in [0.25, 0.3) is 0 Å². The van der Waals surface area contributed by atoms with Crippen molar-refractivity contribution in [3.05, 3.63) is 106 Å². The van der Waals surface area contributed by atoms with Crippen LogP contribution in [-0.4, -0.2) is 6.71 Å². The van der Waals surface area contributed by atoms with Crippen LogP contribution in [0.15, 0.2) is 72.4 Å². The third-order valence-corrected chi connectivity index (χ3v) is 5.78. The molecule has 2 aromatic carbocycles. The number of hydrogen-bond acceptors (Lipinski definition) is 0. The van der Waals surface area contributed by atoms with Gasteiger partial charge in [-0.2, -0.15) is 0 Å². The van der Waals surface area contributed by atoms with E-state index in [-0.39, 0.29) is 0 Å². The van der Waals surface area contributed by atoms with Gasteiger partial charge in [-0.15, -0.1) is 0 Å². The first-order valence-electron chi connectivity index (χ1n) is 10.5. The van der Waals surface area contributed by atoms with Crippen LogP contribution in [0, 0.1) is 27.7 Å². The zero-order valence-corrected chi connectivity index (χ0v) is 18.5. The summed E-state index contributed by atoms with van der Waals surface area (Å²) in [5.41, 5.74) is 10.1. The predicted octanol–water partition coefficient (Wildman–Crippen LogP) is 7.36. The van der Waals surface area contributed by atoms with Crippen molar-refractivity contribution in [2.24, 2.45) is 0 Å². The number of hydrogen-bond donors (Lipinski definition) is 0. The van der Waals surface area contributed by atoms with Crippen LogP contribution in [0.4, 0.5) is 0 Å². The van der Waals surface area contributed by atoms with Gasteiger partial charge in [0.15, 0.2) is 6.71 Å². The molecule has 1 heteroatoms. The predicted molar refractivity (Wildman–Crippen MR) is 128 cm³/mol. The number of benzene rings is 2. The molecule has 0 saturated heterocycles. The first-order chi connectivity index (χ1) is 13.5. The molecule has 0 bridgehead atoms. The van der Waals surface area contributed by atoms with E-state index in [1.54, 1.807) is 0 Å². The minimum Gasteiger partial charge on any atom is -0.0877 e. The summed E-state index contributed by atoms with van der Waals surface area (Å²) >= 11 is 0. The molecule has 28 heavy (non-hydrogen) atoms. The highest BCUT2D eigenvalue weighted by atomic mass is 14.1. The number of rotatable bonds is 8. The smallest absolute Gasteiger partial charge is 0.0877 e. The van der Waals surface area contributed by atoms with E-state index in [0.29, 0.717) is 6.71 Å². The van der Waals surface area contributed by atoms with Crippen molar-refractivity contribution in [1.29, 1.82) is 0 Å². The molecule has 2 rings (SSSR count). The third kappa shape index (κ3) is 6.13. The zero-order valence-electron chi connectivity index (χ0n) is 18.5. The van der Waals surface area contributed by atoms with Gasteiger partial charge in [-0.05, 0) is 93.9 Å². The van der Waals surface area contributed by atoms with Gasteiger partial charge in [0.2, 0.25) is 0 Å².